The minimum atomic E-state index is -4.56. The van der Waals surface area contributed by atoms with Crippen LogP contribution in [0.4, 0.5) is 34.6 Å². The molecule has 2 atom stereocenters. The van der Waals surface area contributed by atoms with Crippen molar-refractivity contribution in [3.05, 3.63) is 41.7 Å². The van der Waals surface area contributed by atoms with Crippen LogP contribution in [0.1, 0.15) is 31.2 Å². The van der Waals surface area contributed by atoms with Crippen LogP contribution in [-0.4, -0.2) is 12.5 Å². The van der Waals surface area contributed by atoms with Crippen molar-refractivity contribution in [3.63, 3.8) is 0 Å². The summed E-state index contributed by atoms with van der Waals surface area (Å²) in [5.41, 5.74) is 5.72. The Morgan fingerprint density at radius 3 is 2.73 bits per heavy atom. The molecule has 2 aromatic rings. The summed E-state index contributed by atoms with van der Waals surface area (Å²) >= 11 is 1.11. The number of carbonyl (C=O) groups is 1. The van der Waals surface area contributed by atoms with E-state index in [1.165, 1.54) is 18.2 Å². The summed E-state index contributed by atoms with van der Waals surface area (Å²) in [5.74, 6) is -0.823. The highest BCUT2D eigenvalue weighted by Crippen LogP contribution is 2.49. The third-order valence-electron chi connectivity index (χ3n) is 5.60. The quantitative estimate of drug-likeness (QED) is 0.454. The van der Waals surface area contributed by atoms with E-state index in [1.54, 1.807) is 0 Å². The van der Waals surface area contributed by atoms with Gasteiger partial charge < -0.3 is 16.4 Å². The van der Waals surface area contributed by atoms with Crippen molar-refractivity contribution in [2.75, 3.05) is 17.2 Å². The molecular weight excluding hydrogens is 418 g/mol. The minimum Gasteiger partial charge on any atom is -0.352 e. The zero-order valence-corrected chi connectivity index (χ0v) is 16.8. The molecule has 1 aliphatic carbocycles. The van der Waals surface area contributed by atoms with Crippen molar-refractivity contribution in [2.24, 2.45) is 17.6 Å². The molecule has 1 saturated carbocycles. The van der Waals surface area contributed by atoms with Gasteiger partial charge in [0.05, 0.1) is 22.6 Å². The summed E-state index contributed by atoms with van der Waals surface area (Å²) < 4.78 is 54.0. The summed E-state index contributed by atoms with van der Waals surface area (Å²) in [5, 5.41) is 5.69. The predicted octanol–water partition coefficient (Wildman–Crippen LogP) is 5.76. The monoisotopic (exact) mass is 439 g/mol. The van der Waals surface area contributed by atoms with E-state index in [9.17, 15) is 22.4 Å². The largest absolute Gasteiger partial charge is 0.416 e. The van der Waals surface area contributed by atoms with Crippen LogP contribution < -0.4 is 16.4 Å². The van der Waals surface area contributed by atoms with Gasteiger partial charge in [0.15, 0.2) is 0 Å². The average Bonchev–Trinajstić information content (AvgIpc) is 2.71. The van der Waals surface area contributed by atoms with Gasteiger partial charge in [0.2, 0.25) is 5.91 Å². The maximum atomic E-state index is 13.6. The van der Waals surface area contributed by atoms with Crippen molar-refractivity contribution in [3.8, 4) is 0 Å². The molecule has 0 radical (unpaired) electrons. The molecular formula is C21H21F4N3OS. The van der Waals surface area contributed by atoms with E-state index >= 15 is 0 Å². The Morgan fingerprint density at radius 2 is 2.00 bits per heavy atom. The highest BCUT2D eigenvalue weighted by molar-refractivity contribution is 7.99. The highest BCUT2D eigenvalue weighted by Gasteiger charge is 2.34. The van der Waals surface area contributed by atoms with Crippen molar-refractivity contribution < 1.29 is 22.4 Å². The van der Waals surface area contributed by atoms with Crippen LogP contribution in [0.25, 0.3) is 0 Å². The lowest BCUT2D eigenvalue weighted by Crippen LogP contribution is -2.31. The van der Waals surface area contributed by atoms with Crippen LogP contribution >= 0.6 is 11.8 Å². The summed E-state index contributed by atoms with van der Waals surface area (Å²) in [7, 11) is 0. The number of fused-ring (bicyclic) bond motifs is 2. The van der Waals surface area contributed by atoms with Gasteiger partial charge in [0, 0.05) is 15.7 Å². The van der Waals surface area contributed by atoms with Crippen molar-refractivity contribution in [1.82, 2.24) is 0 Å². The molecule has 2 aliphatic rings. The van der Waals surface area contributed by atoms with Crippen LogP contribution in [-0.2, 0) is 11.0 Å². The van der Waals surface area contributed by atoms with E-state index < -0.39 is 17.6 Å². The molecule has 1 heterocycles. The molecule has 0 bridgehead atoms. The Balaban J connectivity index is 1.67. The fourth-order valence-electron chi connectivity index (χ4n) is 4.01. The number of alkyl halides is 3. The van der Waals surface area contributed by atoms with Crippen molar-refractivity contribution in [2.45, 2.75) is 41.7 Å². The van der Waals surface area contributed by atoms with E-state index in [-0.39, 0.29) is 23.4 Å². The van der Waals surface area contributed by atoms with Gasteiger partial charge in [-0.25, -0.2) is 4.39 Å². The second-order valence-corrected chi connectivity index (χ2v) is 8.80. The molecule has 1 amide bonds. The number of nitrogens with two attached hydrogens (primary N) is 1. The van der Waals surface area contributed by atoms with E-state index in [2.05, 4.69) is 10.6 Å². The Bertz CT molecular complexity index is 979. The predicted molar refractivity (Wildman–Crippen MR) is 108 cm³/mol. The molecule has 2 aromatic carbocycles. The first-order valence-corrected chi connectivity index (χ1v) is 10.6. The number of halogens is 4. The molecule has 0 spiro atoms. The van der Waals surface area contributed by atoms with Gasteiger partial charge in [-0.05, 0) is 62.1 Å². The zero-order valence-electron chi connectivity index (χ0n) is 16.0. The topological polar surface area (TPSA) is 67.2 Å². The first-order chi connectivity index (χ1) is 14.2. The van der Waals surface area contributed by atoms with Crippen LogP contribution in [0.5, 0.6) is 0 Å². The summed E-state index contributed by atoms with van der Waals surface area (Å²) in [6, 6.07) is 6.02. The van der Waals surface area contributed by atoms with E-state index in [0.29, 0.717) is 40.6 Å². The lowest BCUT2D eigenvalue weighted by Gasteiger charge is -2.29. The van der Waals surface area contributed by atoms with E-state index in [0.717, 1.165) is 36.7 Å². The summed E-state index contributed by atoms with van der Waals surface area (Å²) in [6.45, 7) is 0.489. The smallest absolute Gasteiger partial charge is 0.352 e. The Labute approximate surface area is 175 Å². The third kappa shape index (κ3) is 4.27. The Kier molecular flexibility index (Phi) is 5.67. The number of carbonyl (C=O) groups excluding carboxylic acids is 1. The Hall–Kier alpha value is -2.26. The number of hydrogen-bond acceptors (Lipinski definition) is 4. The number of amides is 1. The zero-order chi connectivity index (χ0) is 21.5. The number of anilines is 3. The number of rotatable bonds is 3. The van der Waals surface area contributed by atoms with Gasteiger partial charge in [-0.15, -0.1) is 0 Å². The first-order valence-electron chi connectivity index (χ1n) is 9.75. The van der Waals surface area contributed by atoms with Crippen molar-refractivity contribution >= 4 is 34.7 Å². The van der Waals surface area contributed by atoms with Gasteiger partial charge in [-0.2, -0.15) is 13.2 Å². The molecule has 0 aromatic heterocycles. The summed E-state index contributed by atoms with van der Waals surface area (Å²) in [4.78, 5) is 13.8. The van der Waals surface area contributed by atoms with Gasteiger partial charge >= 0.3 is 6.18 Å². The molecule has 1 aliphatic heterocycles. The highest BCUT2D eigenvalue weighted by atomic mass is 32.2. The van der Waals surface area contributed by atoms with E-state index in [4.69, 9.17) is 5.73 Å². The SMILES string of the molecule is NCC1CCC[C@H](C(=O)Nc2cc(C(F)(F)F)cc3c2Nc2cc(F)ccc2S3)C1. The number of nitrogens with one attached hydrogen (secondary N) is 2. The normalized spacial score (nSPS) is 20.7. The standard InChI is InChI=1S/C21H21F4N3OS/c22-14-4-5-17-15(9-14)27-19-16(7-13(21(23,24)25)8-18(19)30-17)28-20(29)12-3-1-2-11(6-12)10-26/h4-5,7-9,11-12,27H,1-3,6,10,26H2,(H,28,29)/t11?,12-/m0/s1. The van der Waals surface area contributed by atoms with Gasteiger partial charge in [0.25, 0.3) is 0 Å². The third-order valence-corrected chi connectivity index (χ3v) is 6.71. The van der Waals surface area contributed by atoms with Crippen LogP contribution in [0.3, 0.4) is 0 Å². The lowest BCUT2D eigenvalue weighted by atomic mass is 9.81. The maximum Gasteiger partial charge on any atom is 0.416 e. The molecule has 4 N–H and O–H groups in total. The second-order valence-electron chi connectivity index (χ2n) is 7.72. The van der Waals surface area contributed by atoms with Crippen LogP contribution in [0, 0.1) is 17.7 Å². The minimum absolute atomic E-state index is 0.0436. The van der Waals surface area contributed by atoms with Crippen LogP contribution in [0.2, 0.25) is 0 Å². The lowest BCUT2D eigenvalue weighted by molar-refractivity contribution is -0.137. The first kappa shape index (κ1) is 21.0. The molecule has 30 heavy (non-hydrogen) atoms. The molecule has 0 saturated heterocycles. The summed E-state index contributed by atoms with van der Waals surface area (Å²) in [6.07, 6.45) is -1.44. The second kappa shape index (κ2) is 8.11. The molecule has 4 nitrogen and oxygen atoms in total. The molecule has 160 valence electrons. The molecule has 9 heteroatoms. The van der Waals surface area contributed by atoms with Gasteiger partial charge in [-0.3, -0.25) is 4.79 Å². The van der Waals surface area contributed by atoms with E-state index in [1.807, 2.05) is 0 Å². The van der Waals surface area contributed by atoms with Crippen LogP contribution in [0.15, 0.2) is 40.1 Å². The van der Waals surface area contributed by atoms with Gasteiger partial charge in [-0.1, -0.05) is 18.2 Å². The number of benzene rings is 2. The number of hydrogen-bond donors (Lipinski definition) is 3. The van der Waals surface area contributed by atoms with Gasteiger partial charge in [0.1, 0.15) is 5.82 Å². The molecule has 1 fully saturated rings. The average molecular weight is 439 g/mol. The molecule has 4 rings (SSSR count). The fraction of sp³-hybridized carbons (Fsp3) is 0.381. The fourth-order valence-corrected chi connectivity index (χ4v) is 5.05. The molecule has 1 unspecified atom stereocenters. The maximum absolute atomic E-state index is 13.6. The van der Waals surface area contributed by atoms with Crippen molar-refractivity contribution in [1.29, 1.82) is 0 Å². The Morgan fingerprint density at radius 1 is 1.20 bits per heavy atom.